The van der Waals surface area contributed by atoms with Crippen LogP contribution >= 0.6 is 0 Å². The van der Waals surface area contributed by atoms with E-state index in [1.807, 2.05) is 41.4 Å². The summed E-state index contributed by atoms with van der Waals surface area (Å²) < 4.78 is 0. The van der Waals surface area contributed by atoms with Crippen LogP contribution in [0.4, 0.5) is 10.5 Å². The van der Waals surface area contributed by atoms with E-state index >= 15 is 0 Å². The second-order valence-electron chi connectivity index (χ2n) is 6.46. The Balaban J connectivity index is 1.31. The molecule has 1 aliphatic heterocycles. The van der Waals surface area contributed by atoms with E-state index in [0.29, 0.717) is 0 Å². The van der Waals surface area contributed by atoms with E-state index in [1.165, 1.54) is 16.5 Å². The Kier molecular flexibility index (Phi) is 4.39. The highest BCUT2D eigenvalue weighted by Gasteiger charge is 2.21. The number of para-hydroxylation sites is 1. The normalized spacial score (nSPS) is 15.4. The average Bonchev–Trinajstić information content (AvgIpc) is 3.11. The first-order valence-electron chi connectivity index (χ1n) is 8.67. The number of hydrogen-bond acceptors (Lipinski definition) is 2. The topological polar surface area (TPSA) is 51.4 Å². The lowest BCUT2D eigenvalue weighted by Crippen LogP contribution is -2.49. The first kappa shape index (κ1) is 15.7. The maximum Gasteiger partial charge on any atom is 0.321 e. The van der Waals surface area contributed by atoms with Gasteiger partial charge in [0.25, 0.3) is 0 Å². The van der Waals surface area contributed by atoms with Crippen molar-refractivity contribution in [2.75, 3.05) is 31.5 Å². The van der Waals surface area contributed by atoms with Crippen LogP contribution < -0.4 is 5.32 Å². The predicted molar refractivity (Wildman–Crippen MR) is 101 cm³/mol. The number of urea groups is 1. The SMILES string of the molecule is O=C(Nc1ccccc1)N1CCN(Cc2ccc3cc[nH]c3c2)CC1. The number of amides is 2. The molecule has 1 saturated heterocycles. The molecule has 2 amide bonds. The van der Waals surface area contributed by atoms with Crippen LogP contribution in [-0.4, -0.2) is 47.0 Å². The number of nitrogens with one attached hydrogen (secondary N) is 2. The van der Waals surface area contributed by atoms with Crippen LogP contribution in [0.5, 0.6) is 0 Å². The highest BCUT2D eigenvalue weighted by atomic mass is 16.2. The quantitative estimate of drug-likeness (QED) is 0.770. The van der Waals surface area contributed by atoms with Gasteiger partial charge in [-0.1, -0.05) is 30.3 Å². The number of piperazine rings is 1. The number of hydrogen-bond donors (Lipinski definition) is 2. The van der Waals surface area contributed by atoms with Gasteiger partial charge in [-0.05, 0) is 35.2 Å². The van der Waals surface area contributed by atoms with Crippen LogP contribution in [0, 0.1) is 0 Å². The van der Waals surface area contributed by atoms with Gasteiger partial charge in [0, 0.05) is 50.1 Å². The minimum Gasteiger partial charge on any atom is -0.361 e. The molecule has 0 radical (unpaired) electrons. The number of H-pyrrole nitrogens is 1. The van der Waals surface area contributed by atoms with Gasteiger partial charge in [0.2, 0.25) is 0 Å². The summed E-state index contributed by atoms with van der Waals surface area (Å²) >= 11 is 0. The molecule has 1 aliphatic rings. The van der Waals surface area contributed by atoms with Crippen LogP contribution in [0.1, 0.15) is 5.56 Å². The number of aromatic amines is 1. The Hall–Kier alpha value is -2.79. The molecule has 0 aliphatic carbocycles. The lowest BCUT2D eigenvalue weighted by molar-refractivity contribution is 0.143. The highest BCUT2D eigenvalue weighted by molar-refractivity contribution is 5.89. The number of aromatic nitrogens is 1. The molecule has 25 heavy (non-hydrogen) atoms. The fourth-order valence-corrected chi connectivity index (χ4v) is 3.28. The molecule has 4 rings (SSSR count). The smallest absolute Gasteiger partial charge is 0.321 e. The van der Waals surface area contributed by atoms with E-state index in [-0.39, 0.29) is 6.03 Å². The number of fused-ring (bicyclic) bond motifs is 1. The summed E-state index contributed by atoms with van der Waals surface area (Å²) in [7, 11) is 0. The zero-order valence-electron chi connectivity index (χ0n) is 14.1. The van der Waals surface area contributed by atoms with Gasteiger partial charge in [-0.15, -0.1) is 0 Å². The molecular weight excluding hydrogens is 312 g/mol. The van der Waals surface area contributed by atoms with Crippen molar-refractivity contribution in [1.29, 1.82) is 0 Å². The fraction of sp³-hybridized carbons (Fsp3) is 0.250. The molecule has 3 aromatic rings. The Morgan fingerprint density at radius 1 is 1.00 bits per heavy atom. The van der Waals surface area contributed by atoms with Crippen LogP contribution in [0.3, 0.4) is 0 Å². The monoisotopic (exact) mass is 334 g/mol. The molecule has 2 aromatic carbocycles. The summed E-state index contributed by atoms with van der Waals surface area (Å²) in [6.45, 7) is 4.21. The molecule has 128 valence electrons. The van der Waals surface area contributed by atoms with E-state index in [0.717, 1.165) is 38.4 Å². The Bertz CT molecular complexity index is 850. The van der Waals surface area contributed by atoms with E-state index in [1.54, 1.807) is 0 Å². The van der Waals surface area contributed by atoms with Crippen LogP contribution in [-0.2, 0) is 6.54 Å². The molecule has 1 fully saturated rings. The van der Waals surface area contributed by atoms with Crippen LogP contribution in [0.25, 0.3) is 10.9 Å². The van der Waals surface area contributed by atoms with Crippen LogP contribution in [0.2, 0.25) is 0 Å². The maximum absolute atomic E-state index is 12.3. The third-order valence-corrected chi connectivity index (χ3v) is 4.71. The minimum absolute atomic E-state index is 0.0151. The molecule has 0 bridgehead atoms. The highest BCUT2D eigenvalue weighted by Crippen LogP contribution is 2.16. The van der Waals surface area contributed by atoms with Gasteiger partial charge in [0.05, 0.1) is 0 Å². The molecule has 0 unspecified atom stereocenters. The summed E-state index contributed by atoms with van der Waals surface area (Å²) in [4.78, 5) is 19.9. The van der Waals surface area contributed by atoms with Gasteiger partial charge >= 0.3 is 6.03 Å². The summed E-state index contributed by atoms with van der Waals surface area (Å²) in [6, 6.07) is 18.2. The van der Waals surface area contributed by atoms with Crippen molar-refractivity contribution in [3.8, 4) is 0 Å². The van der Waals surface area contributed by atoms with Gasteiger partial charge in [0.15, 0.2) is 0 Å². The van der Waals surface area contributed by atoms with Gasteiger partial charge in [0.1, 0.15) is 0 Å². The van der Waals surface area contributed by atoms with Crippen molar-refractivity contribution in [3.63, 3.8) is 0 Å². The van der Waals surface area contributed by atoms with Crippen LogP contribution in [0.15, 0.2) is 60.8 Å². The first-order chi connectivity index (χ1) is 12.3. The van der Waals surface area contributed by atoms with E-state index in [9.17, 15) is 4.79 Å². The molecule has 1 aromatic heterocycles. The fourth-order valence-electron chi connectivity index (χ4n) is 3.28. The molecule has 0 saturated carbocycles. The number of carbonyl (C=O) groups is 1. The van der Waals surface area contributed by atoms with Crippen molar-refractivity contribution in [2.45, 2.75) is 6.54 Å². The van der Waals surface area contributed by atoms with E-state index in [4.69, 9.17) is 0 Å². The zero-order valence-corrected chi connectivity index (χ0v) is 14.1. The largest absolute Gasteiger partial charge is 0.361 e. The second kappa shape index (κ2) is 6.99. The third kappa shape index (κ3) is 3.67. The second-order valence-corrected chi connectivity index (χ2v) is 6.46. The molecule has 2 heterocycles. The molecule has 0 spiro atoms. The molecule has 5 nitrogen and oxygen atoms in total. The Morgan fingerprint density at radius 2 is 1.80 bits per heavy atom. The molecule has 0 atom stereocenters. The van der Waals surface area contributed by atoms with Gasteiger partial charge < -0.3 is 15.2 Å². The average molecular weight is 334 g/mol. The van der Waals surface area contributed by atoms with Crippen molar-refractivity contribution < 1.29 is 4.79 Å². The van der Waals surface area contributed by atoms with Gasteiger partial charge in [-0.2, -0.15) is 0 Å². The van der Waals surface area contributed by atoms with Crippen molar-refractivity contribution >= 4 is 22.6 Å². The molecular formula is C20H22N4O. The summed E-state index contributed by atoms with van der Waals surface area (Å²) in [5, 5.41) is 4.20. The molecule has 5 heteroatoms. The predicted octanol–water partition coefficient (Wildman–Crippen LogP) is 3.52. The summed E-state index contributed by atoms with van der Waals surface area (Å²) in [5.41, 5.74) is 3.32. The molecule has 2 N–H and O–H groups in total. The third-order valence-electron chi connectivity index (χ3n) is 4.71. The minimum atomic E-state index is -0.0151. The lowest BCUT2D eigenvalue weighted by atomic mass is 10.1. The van der Waals surface area contributed by atoms with Crippen molar-refractivity contribution in [2.24, 2.45) is 0 Å². The lowest BCUT2D eigenvalue weighted by Gasteiger charge is -2.34. The van der Waals surface area contributed by atoms with Gasteiger partial charge in [-0.25, -0.2) is 4.79 Å². The summed E-state index contributed by atoms with van der Waals surface area (Å²) in [6.07, 6.45) is 1.97. The van der Waals surface area contributed by atoms with Gasteiger partial charge in [-0.3, -0.25) is 4.90 Å². The number of carbonyl (C=O) groups excluding carboxylic acids is 1. The number of benzene rings is 2. The van der Waals surface area contributed by atoms with E-state index in [2.05, 4.69) is 39.5 Å². The maximum atomic E-state index is 12.3. The Morgan fingerprint density at radius 3 is 2.60 bits per heavy atom. The standard InChI is InChI=1S/C20H22N4O/c25-20(22-18-4-2-1-3-5-18)24-12-10-23(11-13-24)15-16-6-7-17-8-9-21-19(17)14-16/h1-9,14,21H,10-13,15H2,(H,22,25). The Labute approximate surface area is 147 Å². The number of nitrogens with zero attached hydrogens (tertiary/aromatic N) is 2. The first-order valence-corrected chi connectivity index (χ1v) is 8.67. The van der Waals surface area contributed by atoms with E-state index < -0.39 is 0 Å². The zero-order chi connectivity index (χ0) is 17.1. The van der Waals surface area contributed by atoms with Crippen molar-refractivity contribution in [3.05, 3.63) is 66.4 Å². The summed E-state index contributed by atoms with van der Waals surface area (Å²) in [5.74, 6) is 0. The number of rotatable bonds is 3. The number of anilines is 1. The van der Waals surface area contributed by atoms with Crippen molar-refractivity contribution in [1.82, 2.24) is 14.8 Å².